The Morgan fingerprint density at radius 3 is 2.62 bits per heavy atom. The molecule has 1 N–H and O–H groups in total. The molecule has 29 heavy (non-hydrogen) atoms. The van der Waals surface area contributed by atoms with E-state index in [-0.39, 0.29) is 6.04 Å². The minimum atomic E-state index is -6.00. The van der Waals surface area contributed by atoms with Crippen molar-refractivity contribution < 1.29 is 27.1 Å². The van der Waals surface area contributed by atoms with E-state index in [1.54, 1.807) is 13.3 Å². The van der Waals surface area contributed by atoms with E-state index < -0.39 is 13.4 Å². The van der Waals surface area contributed by atoms with Gasteiger partial charge in [-0.05, 0) is 61.1 Å². The Labute approximate surface area is 167 Å². The topological polar surface area (TPSA) is 45.6 Å². The van der Waals surface area contributed by atoms with Gasteiger partial charge in [0.25, 0.3) is 0 Å². The molecule has 4 nitrogen and oxygen atoms in total. The molecule has 0 spiro atoms. The van der Waals surface area contributed by atoms with Crippen molar-refractivity contribution in [2.24, 2.45) is 11.8 Å². The van der Waals surface area contributed by atoms with Crippen LogP contribution in [0.5, 0.6) is 5.75 Å². The van der Waals surface area contributed by atoms with Crippen LogP contribution >= 0.6 is 0 Å². The Morgan fingerprint density at radius 2 is 2.03 bits per heavy atom. The summed E-state index contributed by atoms with van der Waals surface area (Å²) in [6, 6.07) is 7.96. The quantitative estimate of drug-likeness (QED) is 0.458. The molecule has 2 aromatic rings. The number of hydrogen-bond acceptors (Lipinski definition) is 4. The minimum Gasteiger partial charge on any atom is -0.497 e. The van der Waals surface area contributed by atoms with Crippen LogP contribution in [0.4, 0.5) is 17.3 Å². The number of halogens is 4. The zero-order valence-electron chi connectivity index (χ0n) is 16.1. The van der Waals surface area contributed by atoms with Gasteiger partial charge >= 0.3 is 7.25 Å². The molecule has 3 aliphatic rings. The molecule has 5 atom stereocenters. The molecule has 9 heteroatoms. The van der Waals surface area contributed by atoms with Crippen LogP contribution in [0.15, 0.2) is 43.1 Å². The van der Waals surface area contributed by atoms with Gasteiger partial charge in [-0.1, -0.05) is 6.08 Å². The number of pyridine rings is 1. The minimum absolute atomic E-state index is 0.178. The number of benzene rings is 1. The first-order valence-electron chi connectivity index (χ1n) is 9.56. The van der Waals surface area contributed by atoms with Crippen molar-refractivity contribution in [2.75, 3.05) is 20.2 Å². The van der Waals surface area contributed by atoms with Gasteiger partial charge in [0, 0.05) is 24.2 Å². The van der Waals surface area contributed by atoms with Crippen molar-refractivity contribution in [3.8, 4) is 5.75 Å². The van der Waals surface area contributed by atoms with Gasteiger partial charge in [-0.2, -0.15) is 0 Å². The molecule has 2 bridgehead atoms. The van der Waals surface area contributed by atoms with Gasteiger partial charge in [0.05, 0.1) is 18.7 Å². The van der Waals surface area contributed by atoms with Gasteiger partial charge in [0.1, 0.15) is 5.75 Å². The molecule has 3 aliphatic heterocycles. The molecule has 1 aromatic heterocycles. The van der Waals surface area contributed by atoms with Gasteiger partial charge in [0.15, 0.2) is 0 Å². The maximum absolute atomic E-state index is 11.2. The molecule has 2 unspecified atom stereocenters. The van der Waals surface area contributed by atoms with E-state index in [1.807, 2.05) is 24.3 Å². The molecular weight excluding hydrogens is 387 g/mol. The van der Waals surface area contributed by atoms with Gasteiger partial charge in [-0.15, -0.1) is 6.58 Å². The lowest BCUT2D eigenvalue weighted by Crippen LogP contribution is -2.54. The lowest BCUT2D eigenvalue weighted by molar-refractivity contribution is -0.0444. The van der Waals surface area contributed by atoms with E-state index in [1.165, 1.54) is 6.42 Å². The first-order chi connectivity index (χ1) is 13.7. The number of aromatic nitrogens is 1. The van der Waals surface area contributed by atoms with E-state index in [2.05, 4.69) is 22.5 Å². The van der Waals surface area contributed by atoms with Gasteiger partial charge < -0.3 is 27.1 Å². The lowest BCUT2D eigenvalue weighted by Gasteiger charge is -2.50. The third-order valence-corrected chi connectivity index (χ3v) is 5.82. The Hall–Kier alpha value is -2.13. The van der Waals surface area contributed by atoms with E-state index in [4.69, 9.17) is 4.74 Å². The molecule has 0 radical (unpaired) electrons. The SMILES string of the molecule is C=C[C@@H]1CN2CCC1C[C@@H]2[C@H](O)c1ccnc2ccc(OC)cc12.F[B-](F)(F)F. The summed E-state index contributed by atoms with van der Waals surface area (Å²) in [5, 5.41) is 12.1. The largest absolute Gasteiger partial charge is 0.673 e. The monoisotopic (exact) mass is 411 g/mol. The van der Waals surface area contributed by atoms with Gasteiger partial charge in [-0.25, -0.2) is 0 Å². The predicted octanol–water partition coefficient (Wildman–Crippen LogP) is 4.47. The number of fused-ring (bicyclic) bond motifs is 4. The number of aliphatic hydroxyl groups is 1. The van der Waals surface area contributed by atoms with Gasteiger partial charge in [-0.3, -0.25) is 9.88 Å². The van der Waals surface area contributed by atoms with Crippen molar-refractivity contribution in [2.45, 2.75) is 25.0 Å². The molecule has 158 valence electrons. The fourth-order valence-electron chi connectivity index (χ4n) is 4.44. The molecule has 4 heterocycles. The number of hydrogen-bond donors (Lipinski definition) is 1. The summed E-state index contributed by atoms with van der Waals surface area (Å²) >= 11 is 0. The van der Waals surface area contributed by atoms with Crippen LogP contribution in [0.3, 0.4) is 0 Å². The van der Waals surface area contributed by atoms with Crippen LogP contribution in [-0.2, 0) is 0 Å². The number of aliphatic hydroxyl groups excluding tert-OH is 1. The fourth-order valence-corrected chi connectivity index (χ4v) is 4.44. The molecule has 3 saturated heterocycles. The average Bonchev–Trinajstić information content (AvgIpc) is 2.71. The summed E-state index contributed by atoms with van der Waals surface area (Å²) < 4.78 is 44.3. The zero-order chi connectivity index (χ0) is 21.2. The average molecular weight is 411 g/mol. The first-order valence-corrected chi connectivity index (χ1v) is 9.56. The Kier molecular flexibility index (Phi) is 6.48. The number of nitrogens with zero attached hydrogens (tertiary/aromatic N) is 2. The Bertz CT molecular complexity index is 858. The summed E-state index contributed by atoms with van der Waals surface area (Å²) in [5.74, 6) is 2.01. The number of methoxy groups -OCH3 is 1. The van der Waals surface area contributed by atoms with Crippen LogP contribution in [-0.4, -0.2) is 48.5 Å². The van der Waals surface area contributed by atoms with Crippen LogP contribution in [0.1, 0.15) is 24.5 Å². The molecule has 0 saturated carbocycles. The summed E-state index contributed by atoms with van der Waals surface area (Å²) in [6.07, 6.45) is 5.62. The maximum Gasteiger partial charge on any atom is 0.673 e. The third kappa shape index (κ3) is 5.08. The number of rotatable bonds is 4. The molecule has 3 fully saturated rings. The summed E-state index contributed by atoms with van der Waals surface area (Å²) in [5.41, 5.74) is 1.85. The van der Waals surface area contributed by atoms with Gasteiger partial charge in [0.2, 0.25) is 0 Å². The Morgan fingerprint density at radius 1 is 1.31 bits per heavy atom. The Balaban J connectivity index is 0.000000431. The highest BCUT2D eigenvalue weighted by Gasteiger charge is 2.42. The highest BCUT2D eigenvalue weighted by molar-refractivity contribution is 6.50. The molecule has 5 rings (SSSR count). The molecule has 0 amide bonds. The lowest BCUT2D eigenvalue weighted by atomic mass is 9.73. The highest BCUT2D eigenvalue weighted by Crippen LogP contribution is 2.42. The van der Waals surface area contributed by atoms with E-state index >= 15 is 0 Å². The van der Waals surface area contributed by atoms with Crippen LogP contribution in [0.25, 0.3) is 10.9 Å². The van der Waals surface area contributed by atoms with Crippen molar-refractivity contribution >= 4 is 18.2 Å². The maximum atomic E-state index is 11.2. The molecule has 1 aromatic carbocycles. The standard InChI is InChI=1S/C20H24N2O2.BF4/c1-3-13-12-22-9-7-14(13)10-19(22)20(23)16-6-8-21-18-5-4-15(24-2)11-17(16)18;2-1(3,4)5/h3-6,8,11,13-14,19-20,23H,1,7,9-10,12H2,2H3;/q;-1/t13-,14?,19-,20-;/m1./s1. The normalized spacial score (nSPS) is 27.1. The number of ether oxygens (including phenoxy) is 1. The summed E-state index contributed by atoms with van der Waals surface area (Å²) in [7, 11) is -4.34. The van der Waals surface area contributed by atoms with Crippen molar-refractivity contribution in [3.63, 3.8) is 0 Å². The van der Waals surface area contributed by atoms with E-state index in [9.17, 15) is 22.4 Å². The van der Waals surface area contributed by atoms with Crippen molar-refractivity contribution in [3.05, 3.63) is 48.7 Å². The molecular formula is C20H24BF4N2O2-. The zero-order valence-corrected chi connectivity index (χ0v) is 16.1. The van der Waals surface area contributed by atoms with Crippen molar-refractivity contribution in [1.82, 2.24) is 9.88 Å². The second kappa shape index (κ2) is 8.71. The highest BCUT2D eigenvalue weighted by atomic mass is 19.5. The van der Waals surface area contributed by atoms with Crippen LogP contribution in [0, 0.1) is 11.8 Å². The second-order valence-corrected chi connectivity index (χ2v) is 7.47. The first kappa shape index (κ1) is 21.6. The van der Waals surface area contributed by atoms with Crippen LogP contribution < -0.4 is 4.74 Å². The summed E-state index contributed by atoms with van der Waals surface area (Å²) in [4.78, 5) is 6.86. The molecule has 0 aliphatic carbocycles. The van der Waals surface area contributed by atoms with E-state index in [0.717, 1.165) is 41.7 Å². The number of piperidine rings is 3. The third-order valence-electron chi connectivity index (χ3n) is 5.82. The second-order valence-electron chi connectivity index (χ2n) is 7.47. The summed E-state index contributed by atoms with van der Waals surface area (Å²) in [6.45, 7) is 6.07. The van der Waals surface area contributed by atoms with Crippen molar-refractivity contribution in [1.29, 1.82) is 0 Å². The smallest absolute Gasteiger partial charge is 0.497 e. The van der Waals surface area contributed by atoms with E-state index in [0.29, 0.717) is 11.8 Å². The van der Waals surface area contributed by atoms with Crippen LogP contribution in [0.2, 0.25) is 0 Å². The fraction of sp³-hybridized carbons (Fsp3) is 0.450. The predicted molar refractivity (Wildman–Crippen MR) is 105 cm³/mol.